The highest BCUT2D eigenvalue weighted by atomic mass is 16.3. The number of amides is 2. The van der Waals surface area contributed by atoms with Crippen LogP contribution in [0.5, 0.6) is 0 Å². The second-order valence-electron chi connectivity index (χ2n) is 5.78. The average molecular weight is 298 g/mol. The van der Waals surface area contributed by atoms with Gasteiger partial charge in [-0.1, -0.05) is 30.3 Å². The zero-order chi connectivity index (χ0) is 15.6. The summed E-state index contributed by atoms with van der Waals surface area (Å²) in [5, 5.41) is 17.0. The van der Waals surface area contributed by atoms with Gasteiger partial charge in [0.05, 0.1) is 5.60 Å². The molecule has 0 atom stereocenters. The third kappa shape index (κ3) is 3.09. The molecule has 2 aromatic carbocycles. The molecule has 1 aliphatic carbocycles. The van der Waals surface area contributed by atoms with Crippen LogP contribution in [0.25, 0.3) is 10.8 Å². The summed E-state index contributed by atoms with van der Waals surface area (Å²) >= 11 is 0. The van der Waals surface area contributed by atoms with E-state index in [0.717, 1.165) is 17.2 Å². The van der Waals surface area contributed by atoms with Crippen LogP contribution in [0, 0.1) is 0 Å². The van der Waals surface area contributed by atoms with Crippen molar-refractivity contribution in [2.75, 3.05) is 11.9 Å². The molecular weight excluding hydrogens is 280 g/mol. The molecule has 114 valence electrons. The molecule has 0 saturated heterocycles. The SMILES string of the molecule is O=C(NCC1(O)CCC1)C(=O)Nc1ccc2ccccc2c1. The Morgan fingerprint density at radius 3 is 2.45 bits per heavy atom. The molecule has 0 spiro atoms. The Hall–Kier alpha value is -2.40. The number of aliphatic hydroxyl groups is 1. The molecule has 0 unspecified atom stereocenters. The van der Waals surface area contributed by atoms with Crippen molar-refractivity contribution in [2.45, 2.75) is 24.9 Å². The zero-order valence-electron chi connectivity index (χ0n) is 12.1. The normalized spacial score (nSPS) is 15.9. The van der Waals surface area contributed by atoms with Crippen molar-refractivity contribution < 1.29 is 14.7 Å². The maximum absolute atomic E-state index is 11.9. The van der Waals surface area contributed by atoms with Crippen LogP contribution < -0.4 is 10.6 Å². The van der Waals surface area contributed by atoms with E-state index in [4.69, 9.17) is 0 Å². The van der Waals surface area contributed by atoms with Gasteiger partial charge in [0.15, 0.2) is 0 Å². The highest BCUT2D eigenvalue weighted by molar-refractivity contribution is 6.39. The molecule has 0 radical (unpaired) electrons. The van der Waals surface area contributed by atoms with E-state index < -0.39 is 17.4 Å². The second-order valence-corrected chi connectivity index (χ2v) is 5.78. The lowest BCUT2D eigenvalue weighted by Gasteiger charge is -2.36. The fourth-order valence-corrected chi connectivity index (χ4v) is 2.54. The second kappa shape index (κ2) is 5.77. The summed E-state index contributed by atoms with van der Waals surface area (Å²) in [6.07, 6.45) is 2.29. The number of hydrogen-bond acceptors (Lipinski definition) is 3. The molecule has 0 bridgehead atoms. The van der Waals surface area contributed by atoms with Crippen molar-refractivity contribution in [1.82, 2.24) is 5.32 Å². The monoisotopic (exact) mass is 298 g/mol. The Kier molecular flexibility index (Phi) is 3.81. The van der Waals surface area contributed by atoms with Crippen LogP contribution in [0.2, 0.25) is 0 Å². The lowest BCUT2D eigenvalue weighted by Crippen LogP contribution is -2.49. The molecule has 22 heavy (non-hydrogen) atoms. The van der Waals surface area contributed by atoms with Gasteiger partial charge in [0.25, 0.3) is 0 Å². The Bertz CT molecular complexity index is 723. The Morgan fingerprint density at radius 2 is 1.77 bits per heavy atom. The van der Waals surface area contributed by atoms with Gasteiger partial charge in [0.2, 0.25) is 0 Å². The Morgan fingerprint density at radius 1 is 1.05 bits per heavy atom. The van der Waals surface area contributed by atoms with Crippen LogP contribution in [-0.4, -0.2) is 29.1 Å². The van der Waals surface area contributed by atoms with Crippen molar-refractivity contribution in [3.05, 3.63) is 42.5 Å². The van der Waals surface area contributed by atoms with Gasteiger partial charge in [-0.25, -0.2) is 0 Å². The molecule has 0 aromatic heterocycles. The van der Waals surface area contributed by atoms with Crippen LogP contribution in [0.15, 0.2) is 42.5 Å². The first-order valence-corrected chi connectivity index (χ1v) is 7.36. The summed E-state index contributed by atoms with van der Waals surface area (Å²) in [5.41, 5.74) is -0.264. The molecule has 5 heteroatoms. The van der Waals surface area contributed by atoms with E-state index in [-0.39, 0.29) is 6.54 Å². The summed E-state index contributed by atoms with van der Waals surface area (Å²) in [4.78, 5) is 23.6. The highest BCUT2D eigenvalue weighted by Crippen LogP contribution is 2.30. The molecule has 2 amide bonds. The molecule has 3 N–H and O–H groups in total. The summed E-state index contributed by atoms with van der Waals surface area (Å²) in [7, 11) is 0. The van der Waals surface area contributed by atoms with Crippen molar-refractivity contribution in [1.29, 1.82) is 0 Å². The maximum Gasteiger partial charge on any atom is 0.313 e. The quantitative estimate of drug-likeness (QED) is 0.756. The number of hydrogen-bond donors (Lipinski definition) is 3. The number of rotatable bonds is 3. The summed E-state index contributed by atoms with van der Waals surface area (Å²) < 4.78 is 0. The number of carbonyl (C=O) groups excluding carboxylic acids is 2. The first kappa shape index (κ1) is 14.5. The standard InChI is InChI=1S/C17H18N2O3/c20-15(18-11-17(22)8-3-9-17)16(21)19-14-7-6-12-4-1-2-5-13(12)10-14/h1-2,4-7,10,22H,3,8-9,11H2,(H,18,20)(H,19,21). The summed E-state index contributed by atoms with van der Waals surface area (Å²) in [6.45, 7) is 0.122. The third-order valence-corrected chi connectivity index (χ3v) is 4.08. The molecule has 2 aromatic rings. The topological polar surface area (TPSA) is 78.4 Å². The van der Waals surface area contributed by atoms with E-state index in [1.54, 1.807) is 6.07 Å². The van der Waals surface area contributed by atoms with E-state index in [2.05, 4.69) is 10.6 Å². The minimum atomic E-state index is -0.834. The van der Waals surface area contributed by atoms with E-state index in [1.807, 2.05) is 36.4 Å². The van der Waals surface area contributed by atoms with Gasteiger partial charge in [-0.05, 0) is 42.2 Å². The van der Waals surface area contributed by atoms with E-state index in [0.29, 0.717) is 18.5 Å². The van der Waals surface area contributed by atoms with Crippen LogP contribution in [0.1, 0.15) is 19.3 Å². The molecule has 1 fully saturated rings. The summed E-state index contributed by atoms with van der Waals surface area (Å²) in [5.74, 6) is -1.45. The molecule has 5 nitrogen and oxygen atoms in total. The molecule has 0 heterocycles. The minimum absolute atomic E-state index is 0.122. The van der Waals surface area contributed by atoms with Gasteiger partial charge in [-0.2, -0.15) is 0 Å². The molecule has 1 saturated carbocycles. The van der Waals surface area contributed by atoms with Gasteiger partial charge >= 0.3 is 11.8 Å². The van der Waals surface area contributed by atoms with Gasteiger partial charge < -0.3 is 15.7 Å². The number of fused-ring (bicyclic) bond motifs is 1. The molecule has 1 aliphatic rings. The zero-order valence-corrected chi connectivity index (χ0v) is 12.1. The first-order chi connectivity index (χ1) is 10.6. The minimum Gasteiger partial charge on any atom is -0.388 e. The maximum atomic E-state index is 11.9. The number of anilines is 1. The molecular formula is C17H18N2O3. The van der Waals surface area contributed by atoms with E-state index in [9.17, 15) is 14.7 Å². The smallest absolute Gasteiger partial charge is 0.313 e. The van der Waals surface area contributed by atoms with E-state index in [1.165, 1.54) is 0 Å². The summed E-state index contributed by atoms with van der Waals surface area (Å²) in [6, 6.07) is 13.2. The number of benzene rings is 2. The molecule has 0 aliphatic heterocycles. The first-order valence-electron chi connectivity index (χ1n) is 7.36. The van der Waals surface area contributed by atoms with Crippen molar-refractivity contribution in [3.8, 4) is 0 Å². The molecule has 3 rings (SSSR count). The third-order valence-electron chi connectivity index (χ3n) is 4.08. The highest BCUT2D eigenvalue weighted by Gasteiger charge is 2.35. The van der Waals surface area contributed by atoms with Crippen LogP contribution in [0.3, 0.4) is 0 Å². The Balaban J connectivity index is 1.60. The fraction of sp³-hybridized carbons (Fsp3) is 0.294. The number of carbonyl (C=O) groups is 2. The van der Waals surface area contributed by atoms with Crippen LogP contribution in [-0.2, 0) is 9.59 Å². The fourth-order valence-electron chi connectivity index (χ4n) is 2.54. The van der Waals surface area contributed by atoms with Gasteiger partial charge in [0.1, 0.15) is 0 Å². The predicted molar refractivity (Wildman–Crippen MR) is 84.4 cm³/mol. The van der Waals surface area contributed by atoms with Crippen LogP contribution >= 0.6 is 0 Å². The van der Waals surface area contributed by atoms with Crippen molar-refractivity contribution in [3.63, 3.8) is 0 Å². The van der Waals surface area contributed by atoms with Gasteiger partial charge in [-0.15, -0.1) is 0 Å². The average Bonchev–Trinajstić information content (AvgIpc) is 2.50. The predicted octanol–water partition coefficient (Wildman–Crippen LogP) is 1.81. The lowest BCUT2D eigenvalue weighted by molar-refractivity contribution is -0.137. The van der Waals surface area contributed by atoms with Crippen LogP contribution in [0.4, 0.5) is 5.69 Å². The van der Waals surface area contributed by atoms with Crippen molar-refractivity contribution in [2.24, 2.45) is 0 Å². The largest absolute Gasteiger partial charge is 0.388 e. The number of nitrogens with one attached hydrogen (secondary N) is 2. The van der Waals surface area contributed by atoms with Gasteiger partial charge in [-0.3, -0.25) is 9.59 Å². The van der Waals surface area contributed by atoms with Gasteiger partial charge in [0, 0.05) is 12.2 Å². The lowest BCUT2D eigenvalue weighted by atomic mass is 9.80. The Labute approximate surface area is 128 Å². The van der Waals surface area contributed by atoms with E-state index >= 15 is 0 Å². The van der Waals surface area contributed by atoms with Crippen molar-refractivity contribution >= 4 is 28.3 Å².